The maximum Gasteiger partial charge on any atom is 0.272 e. The lowest BCUT2D eigenvalue weighted by Gasteiger charge is -2.21. The number of hydrogen-bond donors (Lipinski definition) is 0. The first-order valence-corrected chi connectivity index (χ1v) is 8.12. The summed E-state index contributed by atoms with van der Waals surface area (Å²) in [6.45, 7) is 0.553. The van der Waals surface area contributed by atoms with Crippen LogP contribution in [0.1, 0.15) is 35.3 Å². The van der Waals surface area contributed by atoms with Crippen molar-refractivity contribution in [2.45, 2.75) is 18.9 Å². The molecule has 26 heavy (non-hydrogen) atoms. The van der Waals surface area contributed by atoms with Gasteiger partial charge in [-0.25, -0.2) is 8.78 Å². The van der Waals surface area contributed by atoms with E-state index in [0.29, 0.717) is 18.7 Å². The zero-order valence-corrected chi connectivity index (χ0v) is 13.9. The van der Waals surface area contributed by atoms with Gasteiger partial charge in [-0.2, -0.15) is 10.1 Å². The lowest BCUT2D eigenvalue weighted by atomic mass is 10.2. The molecule has 0 unspecified atom stereocenters. The number of aryl methyl sites for hydroxylation is 1. The van der Waals surface area contributed by atoms with Gasteiger partial charge >= 0.3 is 0 Å². The molecular weight excluding hydrogens is 344 g/mol. The number of benzene rings is 1. The monoisotopic (exact) mass is 359 g/mol. The fourth-order valence-electron chi connectivity index (χ4n) is 3.15. The van der Waals surface area contributed by atoms with Crippen molar-refractivity contribution in [3.63, 3.8) is 0 Å². The number of amides is 1. The van der Waals surface area contributed by atoms with Gasteiger partial charge in [0.2, 0.25) is 11.7 Å². The van der Waals surface area contributed by atoms with Crippen LogP contribution in [-0.2, 0) is 7.05 Å². The Hall–Kier alpha value is -3.10. The van der Waals surface area contributed by atoms with Crippen molar-refractivity contribution in [1.29, 1.82) is 0 Å². The molecule has 1 atom stereocenters. The van der Waals surface area contributed by atoms with Crippen molar-refractivity contribution in [1.82, 2.24) is 24.8 Å². The minimum atomic E-state index is -0.772. The van der Waals surface area contributed by atoms with Gasteiger partial charge in [-0.1, -0.05) is 5.16 Å². The van der Waals surface area contributed by atoms with E-state index in [1.807, 2.05) is 0 Å². The van der Waals surface area contributed by atoms with Gasteiger partial charge in [-0.3, -0.25) is 9.48 Å². The lowest BCUT2D eigenvalue weighted by Crippen LogP contribution is -2.32. The summed E-state index contributed by atoms with van der Waals surface area (Å²) in [6.07, 6.45) is 3.01. The highest BCUT2D eigenvalue weighted by atomic mass is 19.1. The third-order valence-electron chi connectivity index (χ3n) is 4.45. The summed E-state index contributed by atoms with van der Waals surface area (Å²) in [5.74, 6) is -1.38. The fraction of sp³-hybridized carbons (Fsp3) is 0.294. The molecule has 0 aliphatic carbocycles. The Balaban J connectivity index is 1.62. The van der Waals surface area contributed by atoms with E-state index in [9.17, 15) is 13.6 Å². The van der Waals surface area contributed by atoms with Crippen LogP contribution in [0.15, 0.2) is 35.0 Å². The topological polar surface area (TPSA) is 77.1 Å². The molecule has 1 aromatic carbocycles. The van der Waals surface area contributed by atoms with Crippen LogP contribution < -0.4 is 0 Å². The number of halogens is 2. The summed E-state index contributed by atoms with van der Waals surface area (Å²) in [6, 6.07) is 4.40. The number of rotatable bonds is 3. The Morgan fingerprint density at radius 2 is 2.15 bits per heavy atom. The minimum absolute atomic E-state index is 0.0253. The first-order chi connectivity index (χ1) is 12.5. The van der Waals surface area contributed by atoms with Crippen LogP contribution in [0.4, 0.5) is 8.78 Å². The number of aromatic nitrogens is 4. The molecule has 0 N–H and O–H groups in total. The highest BCUT2D eigenvalue weighted by Crippen LogP contribution is 2.33. The maximum absolute atomic E-state index is 13.9. The third kappa shape index (κ3) is 2.75. The number of carbonyl (C=O) groups excluding carboxylic acids is 1. The Kier molecular flexibility index (Phi) is 3.98. The molecule has 0 spiro atoms. The van der Waals surface area contributed by atoms with Gasteiger partial charge in [-0.15, -0.1) is 0 Å². The van der Waals surface area contributed by atoms with Crippen molar-refractivity contribution < 1.29 is 18.1 Å². The molecule has 1 fully saturated rings. The molecule has 134 valence electrons. The molecule has 2 aromatic heterocycles. The van der Waals surface area contributed by atoms with Crippen LogP contribution in [-0.4, -0.2) is 37.3 Å². The third-order valence-corrected chi connectivity index (χ3v) is 4.45. The molecular formula is C17H15F2N5O2. The Morgan fingerprint density at radius 3 is 2.88 bits per heavy atom. The summed E-state index contributed by atoms with van der Waals surface area (Å²) >= 11 is 0. The molecule has 9 heteroatoms. The molecule has 4 rings (SSSR count). The van der Waals surface area contributed by atoms with Crippen LogP contribution in [0.2, 0.25) is 0 Å². The highest BCUT2D eigenvalue weighted by Gasteiger charge is 2.35. The molecule has 0 radical (unpaired) electrons. The zero-order chi connectivity index (χ0) is 18.3. The molecule has 3 heterocycles. The SMILES string of the molecule is Cn1nccc1C(=O)N1CCC[C@@H]1c1nc(-c2ccc(F)cc2F)no1. The molecule has 1 aliphatic heterocycles. The summed E-state index contributed by atoms with van der Waals surface area (Å²) in [5.41, 5.74) is 0.505. The van der Waals surface area contributed by atoms with Crippen LogP contribution in [0, 0.1) is 11.6 Å². The number of carbonyl (C=O) groups is 1. The largest absolute Gasteiger partial charge is 0.337 e. The first-order valence-electron chi connectivity index (χ1n) is 8.12. The average Bonchev–Trinajstić information content (AvgIpc) is 3.34. The molecule has 1 aliphatic rings. The van der Waals surface area contributed by atoms with Crippen LogP contribution >= 0.6 is 0 Å². The minimum Gasteiger partial charge on any atom is -0.337 e. The van der Waals surface area contributed by atoms with Gasteiger partial charge in [0.05, 0.1) is 5.56 Å². The highest BCUT2D eigenvalue weighted by molar-refractivity contribution is 5.92. The molecule has 1 amide bonds. The maximum atomic E-state index is 13.9. The van der Waals surface area contributed by atoms with Gasteiger partial charge in [0.1, 0.15) is 23.4 Å². The zero-order valence-electron chi connectivity index (χ0n) is 13.9. The summed E-state index contributed by atoms with van der Waals surface area (Å²) < 4.78 is 33.8. The van der Waals surface area contributed by atoms with Crippen LogP contribution in [0.3, 0.4) is 0 Å². The van der Waals surface area contributed by atoms with Crippen molar-refractivity contribution in [3.8, 4) is 11.4 Å². The van der Waals surface area contributed by atoms with E-state index in [4.69, 9.17) is 4.52 Å². The summed E-state index contributed by atoms with van der Waals surface area (Å²) in [5, 5.41) is 7.80. The predicted molar refractivity (Wildman–Crippen MR) is 85.9 cm³/mol. The Bertz CT molecular complexity index is 968. The molecule has 0 saturated carbocycles. The van der Waals surface area contributed by atoms with Crippen molar-refractivity contribution >= 4 is 5.91 Å². The summed E-state index contributed by atoms with van der Waals surface area (Å²) in [4.78, 5) is 18.6. The fourth-order valence-corrected chi connectivity index (χ4v) is 3.15. The molecule has 3 aromatic rings. The predicted octanol–water partition coefficient (Wildman–Crippen LogP) is 2.73. The lowest BCUT2D eigenvalue weighted by molar-refractivity contribution is 0.0699. The number of nitrogens with zero attached hydrogens (tertiary/aromatic N) is 5. The average molecular weight is 359 g/mol. The van der Waals surface area contributed by atoms with E-state index in [-0.39, 0.29) is 29.2 Å². The molecule has 0 bridgehead atoms. The van der Waals surface area contributed by atoms with Crippen molar-refractivity contribution in [3.05, 3.63) is 53.7 Å². The van der Waals surface area contributed by atoms with Crippen LogP contribution in [0.5, 0.6) is 0 Å². The molecule has 1 saturated heterocycles. The Labute approximate surface area is 147 Å². The number of likely N-dealkylation sites (tertiary alicyclic amines) is 1. The second-order valence-electron chi connectivity index (χ2n) is 6.08. The Morgan fingerprint density at radius 1 is 1.31 bits per heavy atom. The van der Waals surface area contributed by atoms with E-state index in [1.54, 1.807) is 24.2 Å². The van der Waals surface area contributed by atoms with E-state index < -0.39 is 11.6 Å². The first kappa shape index (κ1) is 16.4. The number of hydrogen-bond acceptors (Lipinski definition) is 5. The van der Waals surface area contributed by atoms with Crippen molar-refractivity contribution in [2.75, 3.05) is 6.54 Å². The van der Waals surface area contributed by atoms with Gasteiger partial charge in [-0.05, 0) is 31.0 Å². The second kappa shape index (κ2) is 6.32. The van der Waals surface area contributed by atoms with E-state index >= 15 is 0 Å². The summed E-state index contributed by atoms with van der Waals surface area (Å²) in [7, 11) is 1.69. The quantitative estimate of drug-likeness (QED) is 0.719. The standard InChI is InChI=1S/C17H15F2N5O2/c1-23-14(6-7-20-23)17(25)24-8-2-3-13(24)16-21-15(22-26-16)11-5-4-10(18)9-12(11)19/h4-7,9,13H,2-3,8H2,1H3/t13-/m1/s1. The van der Waals surface area contributed by atoms with E-state index in [2.05, 4.69) is 15.2 Å². The van der Waals surface area contributed by atoms with Gasteiger partial charge < -0.3 is 9.42 Å². The van der Waals surface area contributed by atoms with E-state index in [0.717, 1.165) is 18.6 Å². The normalized spacial score (nSPS) is 17.0. The smallest absolute Gasteiger partial charge is 0.272 e. The van der Waals surface area contributed by atoms with Crippen LogP contribution in [0.25, 0.3) is 11.4 Å². The molecule has 7 nitrogen and oxygen atoms in total. The van der Waals surface area contributed by atoms with E-state index in [1.165, 1.54) is 10.7 Å². The van der Waals surface area contributed by atoms with Gasteiger partial charge in [0.15, 0.2) is 0 Å². The van der Waals surface area contributed by atoms with Gasteiger partial charge in [0, 0.05) is 25.9 Å². The van der Waals surface area contributed by atoms with Gasteiger partial charge in [0.25, 0.3) is 5.91 Å². The second-order valence-corrected chi connectivity index (χ2v) is 6.08. The van der Waals surface area contributed by atoms with Crippen molar-refractivity contribution in [2.24, 2.45) is 7.05 Å².